The number of hydrogen-bond donors (Lipinski definition) is 2. The molecule has 0 bridgehead atoms. The van der Waals surface area contributed by atoms with Crippen LogP contribution in [0, 0.1) is 6.92 Å². The molecule has 4 aromatic rings. The Bertz CT molecular complexity index is 1340. The lowest BCUT2D eigenvalue weighted by atomic mass is 10.0. The molecule has 1 aliphatic heterocycles. The molecule has 0 saturated carbocycles. The maximum absolute atomic E-state index is 12.5. The smallest absolute Gasteiger partial charge is 0.319 e. The maximum Gasteiger partial charge on any atom is 0.319 e. The van der Waals surface area contributed by atoms with E-state index >= 15 is 0 Å². The molecular formula is C25H24N6OS. The molecule has 2 amide bonds. The van der Waals surface area contributed by atoms with Gasteiger partial charge in [0, 0.05) is 21.7 Å². The van der Waals surface area contributed by atoms with Gasteiger partial charge in [-0.25, -0.2) is 4.79 Å². The van der Waals surface area contributed by atoms with E-state index in [0.717, 1.165) is 45.3 Å². The number of nitrogens with zero attached hydrogens (tertiary/aromatic N) is 4. The fourth-order valence-electron chi connectivity index (χ4n) is 3.88. The Kier molecular flexibility index (Phi) is 5.75. The number of benzene rings is 2. The molecule has 0 unspecified atom stereocenters. The molecule has 0 radical (unpaired) electrons. The van der Waals surface area contributed by atoms with Crippen LogP contribution in [0.2, 0.25) is 0 Å². The lowest BCUT2D eigenvalue weighted by molar-refractivity contribution is 0.251. The van der Waals surface area contributed by atoms with Crippen molar-refractivity contribution in [1.82, 2.24) is 20.1 Å². The highest BCUT2D eigenvalue weighted by Gasteiger charge is 2.25. The van der Waals surface area contributed by atoms with Crippen LogP contribution >= 0.6 is 11.3 Å². The Morgan fingerprint density at radius 3 is 2.73 bits per heavy atom. The van der Waals surface area contributed by atoms with Gasteiger partial charge in [0.05, 0.1) is 12.3 Å². The zero-order valence-electron chi connectivity index (χ0n) is 18.5. The van der Waals surface area contributed by atoms with E-state index in [1.165, 1.54) is 4.88 Å². The van der Waals surface area contributed by atoms with Crippen molar-refractivity contribution in [2.75, 3.05) is 5.32 Å². The van der Waals surface area contributed by atoms with Crippen molar-refractivity contribution in [3.05, 3.63) is 93.9 Å². The minimum absolute atomic E-state index is 0.254. The van der Waals surface area contributed by atoms with Crippen LogP contribution in [0.15, 0.2) is 65.7 Å². The summed E-state index contributed by atoms with van der Waals surface area (Å²) in [5.41, 5.74) is 4.95. The zero-order valence-corrected chi connectivity index (χ0v) is 19.3. The van der Waals surface area contributed by atoms with E-state index in [0.29, 0.717) is 12.4 Å². The van der Waals surface area contributed by atoms with Crippen LogP contribution in [0.4, 0.5) is 10.5 Å². The Morgan fingerprint density at radius 1 is 1.09 bits per heavy atom. The molecule has 0 fully saturated rings. The van der Waals surface area contributed by atoms with E-state index in [1.807, 2.05) is 54.0 Å². The SMILES string of the molecule is CCc1cc2c(s1)-n1c(nnc1CNC(=O)Nc1cccc(C)c1)CN=C2c1ccccc1. The summed E-state index contributed by atoms with van der Waals surface area (Å²) >= 11 is 1.72. The normalized spacial score (nSPS) is 12.4. The Labute approximate surface area is 196 Å². The van der Waals surface area contributed by atoms with Crippen LogP contribution in [0.25, 0.3) is 5.00 Å². The maximum atomic E-state index is 12.5. The highest BCUT2D eigenvalue weighted by atomic mass is 32.1. The molecule has 0 aliphatic carbocycles. The van der Waals surface area contributed by atoms with Crippen LogP contribution in [-0.2, 0) is 19.5 Å². The summed E-state index contributed by atoms with van der Waals surface area (Å²) in [5, 5.41) is 15.6. The third-order valence-corrected chi connectivity index (χ3v) is 6.74. The van der Waals surface area contributed by atoms with Gasteiger partial charge in [0.2, 0.25) is 0 Å². The molecule has 2 aromatic heterocycles. The molecule has 8 heteroatoms. The fourth-order valence-corrected chi connectivity index (χ4v) is 5.02. The number of aromatic nitrogens is 3. The molecule has 0 saturated heterocycles. The predicted octanol–water partition coefficient (Wildman–Crippen LogP) is 4.87. The zero-order chi connectivity index (χ0) is 22.8. The van der Waals surface area contributed by atoms with Crippen molar-refractivity contribution in [2.45, 2.75) is 33.4 Å². The largest absolute Gasteiger partial charge is 0.331 e. The van der Waals surface area contributed by atoms with Crippen molar-refractivity contribution < 1.29 is 4.79 Å². The van der Waals surface area contributed by atoms with Gasteiger partial charge in [-0.2, -0.15) is 0 Å². The number of fused-ring (bicyclic) bond motifs is 3. The van der Waals surface area contributed by atoms with E-state index in [-0.39, 0.29) is 12.6 Å². The van der Waals surface area contributed by atoms with Gasteiger partial charge in [0.25, 0.3) is 0 Å². The molecule has 2 N–H and O–H groups in total. The number of amides is 2. The molecule has 2 aromatic carbocycles. The molecule has 33 heavy (non-hydrogen) atoms. The number of aliphatic imine (C=N–C) groups is 1. The van der Waals surface area contributed by atoms with Gasteiger partial charge >= 0.3 is 6.03 Å². The van der Waals surface area contributed by atoms with Crippen LogP contribution in [0.3, 0.4) is 0 Å². The lowest BCUT2D eigenvalue weighted by Crippen LogP contribution is -2.29. The van der Waals surface area contributed by atoms with E-state index in [4.69, 9.17) is 4.99 Å². The summed E-state index contributed by atoms with van der Waals surface area (Å²) in [6.07, 6.45) is 0.934. The first-order chi connectivity index (χ1) is 16.1. The topological polar surface area (TPSA) is 84.2 Å². The van der Waals surface area contributed by atoms with Crippen molar-refractivity contribution >= 4 is 28.8 Å². The molecular weight excluding hydrogens is 432 g/mol. The second-order valence-electron chi connectivity index (χ2n) is 7.86. The van der Waals surface area contributed by atoms with Crippen LogP contribution in [0.1, 0.15) is 40.1 Å². The third-order valence-electron chi connectivity index (χ3n) is 5.48. The molecule has 7 nitrogen and oxygen atoms in total. The third kappa shape index (κ3) is 4.29. The van der Waals surface area contributed by atoms with Crippen molar-refractivity contribution in [1.29, 1.82) is 0 Å². The molecule has 1 aliphatic rings. The first kappa shape index (κ1) is 21.1. The first-order valence-electron chi connectivity index (χ1n) is 10.9. The lowest BCUT2D eigenvalue weighted by Gasteiger charge is -2.11. The number of urea groups is 1. The number of carbonyl (C=O) groups excluding carboxylic acids is 1. The number of hydrogen-bond acceptors (Lipinski definition) is 5. The van der Waals surface area contributed by atoms with E-state index in [1.54, 1.807) is 11.3 Å². The highest BCUT2D eigenvalue weighted by molar-refractivity contribution is 7.15. The van der Waals surface area contributed by atoms with Gasteiger partial charge in [-0.1, -0.05) is 49.4 Å². The fraction of sp³-hybridized carbons (Fsp3) is 0.200. The quantitative estimate of drug-likeness (QED) is 0.449. The molecule has 0 atom stereocenters. The number of anilines is 1. The van der Waals surface area contributed by atoms with Gasteiger partial charge < -0.3 is 10.6 Å². The monoisotopic (exact) mass is 456 g/mol. The van der Waals surface area contributed by atoms with Crippen LogP contribution in [0.5, 0.6) is 0 Å². The number of rotatable bonds is 5. The molecule has 0 spiro atoms. The molecule has 166 valence electrons. The van der Waals surface area contributed by atoms with E-state index in [2.05, 4.69) is 46.0 Å². The van der Waals surface area contributed by atoms with Crippen molar-refractivity contribution in [3.63, 3.8) is 0 Å². The van der Waals surface area contributed by atoms with E-state index < -0.39 is 0 Å². The number of carbonyl (C=O) groups is 1. The van der Waals surface area contributed by atoms with Crippen molar-refractivity contribution in [2.24, 2.45) is 4.99 Å². The average Bonchev–Trinajstić information content (AvgIpc) is 3.39. The summed E-state index contributed by atoms with van der Waals surface area (Å²) in [5.74, 6) is 1.45. The number of thiophene rings is 1. The van der Waals surface area contributed by atoms with Gasteiger partial charge in [0.1, 0.15) is 11.5 Å². The summed E-state index contributed by atoms with van der Waals surface area (Å²) in [7, 11) is 0. The Hall–Kier alpha value is -3.78. The van der Waals surface area contributed by atoms with Gasteiger partial charge in [-0.05, 0) is 37.1 Å². The minimum atomic E-state index is -0.284. The summed E-state index contributed by atoms with van der Waals surface area (Å²) in [4.78, 5) is 18.7. The number of nitrogens with one attached hydrogen (secondary N) is 2. The summed E-state index contributed by atoms with van der Waals surface area (Å²) in [6.45, 7) is 4.82. The second-order valence-corrected chi connectivity index (χ2v) is 8.98. The van der Waals surface area contributed by atoms with Crippen LogP contribution in [-0.4, -0.2) is 26.5 Å². The van der Waals surface area contributed by atoms with Gasteiger partial charge in [-0.3, -0.25) is 9.56 Å². The second kappa shape index (κ2) is 8.99. The summed E-state index contributed by atoms with van der Waals surface area (Å²) in [6, 6.07) is 19.8. The van der Waals surface area contributed by atoms with Gasteiger partial charge in [0.15, 0.2) is 11.6 Å². The number of aryl methyl sites for hydroxylation is 2. The van der Waals surface area contributed by atoms with Crippen LogP contribution < -0.4 is 10.6 Å². The van der Waals surface area contributed by atoms with Gasteiger partial charge in [-0.15, -0.1) is 21.5 Å². The molecule has 5 rings (SSSR count). The molecule has 3 heterocycles. The Balaban J connectivity index is 1.43. The average molecular weight is 457 g/mol. The summed E-state index contributed by atoms with van der Waals surface area (Å²) < 4.78 is 2.05. The predicted molar refractivity (Wildman–Crippen MR) is 131 cm³/mol. The van der Waals surface area contributed by atoms with Crippen molar-refractivity contribution in [3.8, 4) is 5.00 Å². The Morgan fingerprint density at radius 2 is 1.94 bits per heavy atom. The highest BCUT2D eigenvalue weighted by Crippen LogP contribution is 2.33. The first-order valence-corrected chi connectivity index (χ1v) is 11.7. The minimum Gasteiger partial charge on any atom is -0.331 e. The standard InChI is InChI=1S/C25H24N6OS/c1-3-19-13-20-23(17-9-5-4-6-10-17)26-14-21-29-30-22(31(21)24(20)33-19)15-27-25(32)28-18-11-7-8-16(2)12-18/h4-13H,3,14-15H2,1-2H3,(H2,27,28,32). The van der Waals surface area contributed by atoms with E-state index in [9.17, 15) is 4.79 Å².